The summed E-state index contributed by atoms with van der Waals surface area (Å²) in [6.45, 7) is 0.118. The van der Waals surface area contributed by atoms with Gasteiger partial charge in [0.1, 0.15) is 6.61 Å². The third kappa shape index (κ3) is 3.64. The summed E-state index contributed by atoms with van der Waals surface area (Å²) in [6, 6.07) is 7.57. The van der Waals surface area contributed by atoms with Crippen LogP contribution < -0.4 is 0 Å². The summed E-state index contributed by atoms with van der Waals surface area (Å²) in [5, 5.41) is 14.6. The highest BCUT2D eigenvalue weighted by atomic mass is 16.6. The fraction of sp³-hybridized carbons (Fsp3) is 0.231. The lowest BCUT2D eigenvalue weighted by molar-refractivity contribution is -0.384. The number of aryl methyl sites for hydroxylation is 1. The normalized spacial score (nSPS) is 10.2. The fourth-order valence-electron chi connectivity index (χ4n) is 1.65. The highest BCUT2D eigenvalue weighted by Gasteiger charge is 2.09. The van der Waals surface area contributed by atoms with Crippen molar-refractivity contribution < 1.29 is 14.5 Å². The first-order valence-corrected chi connectivity index (χ1v) is 5.92. The second-order valence-electron chi connectivity index (χ2n) is 4.24. The largest absolute Gasteiger partial charge is 0.459 e. The number of benzene rings is 1. The van der Waals surface area contributed by atoms with Gasteiger partial charge in [-0.05, 0) is 11.6 Å². The molecule has 7 heteroatoms. The molecule has 0 saturated heterocycles. The summed E-state index contributed by atoms with van der Waals surface area (Å²) in [5.41, 5.74) is 1.33. The molecule has 0 N–H and O–H groups in total. The molecule has 0 atom stereocenters. The molecule has 2 aromatic rings. The number of esters is 1. The van der Waals surface area contributed by atoms with Gasteiger partial charge in [0.05, 0.1) is 17.0 Å². The molecule has 7 nitrogen and oxygen atoms in total. The molecule has 0 aliphatic heterocycles. The summed E-state index contributed by atoms with van der Waals surface area (Å²) < 4.78 is 6.70. The van der Waals surface area contributed by atoms with Crippen LogP contribution in [0.2, 0.25) is 0 Å². The molecule has 0 spiro atoms. The van der Waals surface area contributed by atoms with Crippen LogP contribution in [0.4, 0.5) is 5.69 Å². The van der Waals surface area contributed by atoms with Crippen molar-refractivity contribution in [2.75, 3.05) is 0 Å². The molecule has 0 bridgehead atoms. The lowest BCUT2D eigenvalue weighted by Crippen LogP contribution is -2.08. The maximum Gasteiger partial charge on any atom is 0.310 e. The maximum absolute atomic E-state index is 11.6. The Hall–Kier alpha value is -2.70. The van der Waals surface area contributed by atoms with Crippen molar-refractivity contribution in [1.29, 1.82) is 0 Å². The first-order chi connectivity index (χ1) is 9.54. The van der Waals surface area contributed by atoms with E-state index < -0.39 is 10.9 Å². The summed E-state index contributed by atoms with van der Waals surface area (Å²) in [5.74, 6) is -0.399. The molecule has 1 heterocycles. The van der Waals surface area contributed by atoms with Gasteiger partial charge in [0, 0.05) is 25.4 Å². The average Bonchev–Trinajstić information content (AvgIpc) is 2.83. The van der Waals surface area contributed by atoms with E-state index in [4.69, 9.17) is 4.74 Å². The van der Waals surface area contributed by atoms with E-state index in [-0.39, 0.29) is 18.7 Å². The minimum absolute atomic E-state index is 0.00407. The summed E-state index contributed by atoms with van der Waals surface area (Å²) in [4.78, 5) is 21.6. The Morgan fingerprint density at radius 2 is 2.05 bits per heavy atom. The molecular weight excluding hydrogens is 262 g/mol. The van der Waals surface area contributed by atoms with Crippen LogP contribution in [0.1, 0.15) is 11.3 Å². The lowest BCUT2D eigenvalue weighted by Gasteiger charge is -2.03. The van der Waals surface area contributed by atoms with Crippen molar-refractivity contribution in [1.82, 2.24) is 9.78 Å². The van der Waals surface area contributed by atoms with Crippen molar-refractivity contribution in [2.24, 2.45) is 7.05 Å². The van der Waals surface area contributed by atoms with Crippen molar-refractivity contribution >= 4 is 11.7 Å². The van der Waals surface area contributed by atoms with Gasteiger partial charge in [0.25, 0.3) is 5.69 Å². The smallest absolute Gasteiger partial charge is 0.310 e. The van der Waals surface area contributed by atoms with Crippen LogP contribution in [0, 0.1) is 10.1 Å². The molecule has 0 amide bonds. The van der Waals surface area contributed by atoms with Crippen LogP contribution in [-0.4, -0.2) is 20.7 Å². The van der Waals surface area contributed by atoms with Gasteiger partial charge in [0.15, 0.2) is 0 Å². The number of hydrogen-bond donors (Lipinski definition) is 0. The van der Waals surface area contributed by atoms with E-state index in [2.05, 4.69) is 5.10 Å². The van der Waals surface area contributed by atoms with Crippen LogP contribution in [0.15, 0.2) is 36.5 Å². The lowest BCUT2D eigenvalue weighted by atomic mass is 10.1. The Kier molecular flexibility index (Phi) is 4.09. The van der Waals surface area contributed by atoms with E-state index in [9.17, 15) is 14.9 Å². The number of nitro benzene ring substituents is 1. The van der Waals surface area contributed by atoms with Crippen LogP contribution in [-0.2, 0) is 29.6 Å². The number of ether oxygens (including phenoxy) is 1. The Bertz CT molecular complexity index is 619. The van der Waals surface area contributed by atoms with E-state index in [0.717, 1.165) is 0 Å². The molecule has 0 unspecified atom stereocenters. The zero-order valence-corrected chi connectivity index (χ0v) is 10.9. The number of carbonyl (C=O) groups excluding carboxylic acids is 1. The van der Waals surface area contributed by atoms with E-state index in [0.29, 0.717) is 11.3 Å². The molecule has 2 rings (SSSR count). The molecule has 1 aromatic carbocycles. The fourth-order valence-corrected chi connectivity index (χ4v) is 1.65. The highest BCUT2D eigenvalue weighted by Crippen LogP contribution is 2.12. The van der Waals surface area contributed by atoms with Crippen molar-refractivity contribution in [3.05, 3.63) is 57.9 Å². The molecule has 0 fully saturated rings. The minimum atomic E-state index is -0.483. The monoisotopic (exact) mass is 275 g/mol. The molecular formula is C13H13N3O4. The van der Waals surface area contributed by atoms with Crippen LogP contribution >= 0.6 is 0 Å². The number of carbonyl (C=O) groups is 1. The minimum Gasteiger partial charge on any atom is -0.459 e. The number of nitrogens with zero attached hydrogens (tertiary/aromatic N) is 3. The topological polar surface area (TPSA) is 87.3 Å². The van der Waals surface area contributed by atoms with E-state index in [1.165, 1.54) is 12.1 Å². The summed E-state index contributed by atoms with van der Waals surface area (Å²) in [7, 11) is 1.78. The molecule has 0 aliphatic carbocycles. The number of rotatable bonds is 5. The second-order valence-corrected chi connectivity index (χ2v) is 4.24. The summed E-state index contributed by atoms with van der Waals surface area (Å²) in [6.07, 6.45) is 1.84. The van der Waals surface area contributed by atoms with Crippen molar-refractivity contribution in [3.8, 4) is 0 Å². The van der Waals surface area contributed by atoms with Gasteiger partial charge in [-0.2, -0.15) is 5.10 Å². The molecule has 0 aliphatic rings. The molecule has 20 heavy (non-hydrogen) atoms. The van der Waals surface area contributed by atoms with Gasteiger partial charge < -0.3 is 4.74 Å². The predicted octanol–water partition coefficient (Wildman–Crippen LogP) is 1.61. The maximum atomic E-state index is 11.6. The van der Waals surface area contributed by atoms with Crippen LogP contribution in [0.3, 0.4) is 0 Å². The van der Waals surface area contributed by atoms with Gasteiger partial charge in [-0.3, -0.25) is 19.6 Å². The Balaban J connectivity index is 1.86. The van der Waals surface area contributed by atoms with Gasteiger partial charge in [-0.15, -0.1) is 0 Å². The van der Waals surface area contributed by atoms with Crippen LogP contribution in [0.25, 0.3) is 0 Å². The van der Waals surface area contributed by atoms with Crippen molar-refractivity contribution in [3.63, 3.8) is 0 Å². The third-order valence-corrected chi connectivity index (χ3v) is 2.65. The SMILES string of the molecule is Cn1ccc(COC(=O)Cc2ccc([N+](=O)[O-])cc2)n1. The highest BCUT2D eigenvalue weighted by molar-refractivity contribution is 5.72. The average molecular weight is 275 g/mol. The van der Waals surface area contributed by atoms with Gasteiger partial charge >= 0.3 is 5.97 Å². The number of aromatic nitrogens is 2. The van der Waals surface area contributed by atoms with Gasteiger partial charge in [-0.25, -0.2) is 0 Å². The van der Waals surface area contributed by atoms with Crippen molar-refractivity contribution in [2.45, 2.75) is 13.0 Å². The predicted molar refractivity (Wildman–Crippen MR) is 69.8 cm³/mol. The van der Waals surface area contributed by atoms with Crippen LogP contribution in [0.5, 0.6) is 0 Å². The molecule has 0 saturated carbocycles. The van der Waals surface area contributed by atoms with Gasteiger partial charge in [-0.1, -0.05) is 12.1 Å². The Morgan fingerprint density at radius 3 is 2.60 bits per heavy atom. The Labute approximate surface area is 114 Å². The third-order valence-electron chi connectivity index (χ3n) is 2.65. The first kappa shape index (κ1) is 13.7. The molecule has 0 radical (unpaired) electrons. The quantitative estimate of drug-likeness (QED) is 0.470. The van der Waals surface area contributed by atoms with Gasteiger partial charge in [0.2, 0.25) is 0 Å². The van der Waals surface area contributed by atoms with E-state index in [1.807, 2.05) is 0 Å². The standard InChI is InChI=1S/C13H13N3O4/c1-15-7-6-11(14-15)9-20-13(17)8-10-2-4-12(5-3-10)16(18)19/h2-7H,8-9H2,1H3. The molecule has 104 valence electrons. The zero-order valence-electron chi connectivity index (χ0n) is 10.9. The second kappa shape index (κ2) is 5.96. The zero-order chi connectivity index (χ0) is 14.5. The van der Waals surface area contributed by atoms with E-state index >= 15 is 0 Å². The number of nitro groups is 1. The number of non-ortho nitro benzene ring substituents is 1. The first-order valence-electron chi connectivity index (χ1n) is 5.92. The summed E-state index contributed by atoms with van der Waals surface area (Å²) >= 11 is 0. The van der Waals surface area contributed by atoms with E-state index in [1.54, 1.807) is 36.1 Å². The number of hydrogen-bond acceptors (Lipinski definition) is 5. The Morgan fingerprint density at radius 1 is 1.35 bits per heavy atom. The molecule has 1 aromatic heterocycles.